The van der Waals surface area contributed by atoms with E-state index < -0.39 is 5.97 Å². The highest BCUT2D eigenvalue weighted by atomic mass is 32.1. The zero-order valence-electron chi connectivity index (χ0n) is 18.4. The number of nitrogens with one attached hydrogen (secondary N) is 1. The Bertz CT molecular complexity index is 1180. The molecule has 1 aliphatic heterocycles. The number of fused-ring (bicyclic) bond motifs is 1. The number of carbonyl (C=O) groups excluding carboxylic acids is 1. The second-order valence-corrected chi connectivity index (χ2v) is 9.15. The maximum Gasteiger partial charge on any atom is 0.346 e. The summed E-state index contributed by atoms with van der Waals surface area (Å²) in [7, 11) is 1.58. The summed E-state index contributed by atoms with van der Waals surface area (Å²) < 4.78 is 11.3. The maximum atomic E-state index is 12.7. The number of benzene rings is 2. The van der Waals surface area contributed by atoms with Crippen molar-refractivity contribution in [3.8, 4) is 22.6 Å². The molecule has 1 atom stereocenters. The molecule has 0 radical (unpaired) electrons. The van der Waals surface area contributed by atoms with E-state index in [9.17, 15) is 14.7 Å². The number of amides is 1. The third-order valence-corrected chi connectivity index (χ3v) is 6.68. The van der Waals surface area contributed by atoms with Gasteiger partial charge in [-0.2, -0.15) is 0 Å². The van der Waals surface area contributed by atoms with Crippen LogP contribution >= 0.6 is 11.3 Å². The number of anilines is 1. The van der Waals surface area contributed by atoms with E-state index in [1.54, 1.807) is 7.11 Å². The molecule has 3 aromatic rings. The molecule has 6 nitrogen and oxygen atoms in total. The van der Waals surface area contributed by atoms with Gasteiger partial charge >= 0.3 is 5.97 Å². The minimum Gasteiger partial charge on any atom is -0.493 e. The van der Waals surface area contributed by atoms with Crippen LogP contribution in [0.1, 0.15) is 51.9 Å². The van der Waals surface area contributed by atoms with Gasteiger partial charge in [-0.1, -0.05) is 35.9 Å². The van der Waals surface area contributed by atoms with Gasteiger partial charge in [0.1, 0.15) is 4.88 Å². The lowest BCUT2D eigenvalue weighted by Gasteiger charge is -2.25. The van der Waals surface area contributed by atoms with Crippen LogP contribution in [0, 0.1) is 6.92 Å². The quantitative estimate of drug-likeness (QED) is 0.503. The summed E-state index contributed by atoms with van der Waals surface area (Å²) in [6, 6.07) is 13.3. The van der Waals surface area contributed by atoms with Gasteiger partial charge in [0.05, 0.1) is 18.9 Å². The molecule has 2 N–H and O–H groups in total. The summed E-state index contributed by atoms with van der Waals surface area (Å²) in [6.07, 6.45) is 0.224. The maximum absolute atomic E-state index is 12.7. The SMILES string of the molecule is COc1cc([C@H]2CC(=O)Nc3c2sc(C(=O)O)c3-c2ccc(C)cc2)ccc1OC(C)C. The van der Waals surface area contributed by atoms with Gasteiger partial charge in [0.25, 0.3) is 0 Å². The van der Waals surface area contributed by atoms with Crippen LogP contribution < -0.4 is 14.8 Å². The zero-order chi connectivity index (χ0) is 23.0. The summed E-state index contributed by atoms with van der Waals surface area (Å²) in [4.78, 5) is 25.8. The van der Waals surface area contributed by atoms with E-state index in [1.807, 2.05) is 63.2 Å². The second kappa shape index (κ2) is 8.67. The molecule has 4 rings (SSSR count). The van der Waals surface area contributed by atoms with Crippen molar-refractivity contribution in [1.29, 1.82) is 0 Å². The average molecular weight is 452 g/mol. The van der Waals surface area contributed by atoms with Crippen molar-refractivity contribution in [3.05, 3.63) is 63.3 Å². The van der Waals surface area contributed by atoms with Gasteiger partial charge in [0.15, 0.2) is 11.5 Å². The molecule has 0 fully saturated rings. The second-order valence-electron chi connectivity index (χ2n) is 8.10. The third-order valence-electron chi connectivity index (χ3n) is 5.39. The summed E-state index contributed by atoms with van der Waals surface area (Å²) in [5.74, 6) is -0.219. The molecule has 1 amide bonds. The summed E-state index contributed by atoms with van der Waals surface area (Å²) in [6.45, 7) is 5.86. The first kappa shape index (κ1) is 21.9. The molecule has 2 heterocycles. The minimum atomic E-state index is -1.01. The highest BCUT2D eigenvalue weighted by Gasteiger charge is 2.34. The van der Waals surface area contributed by atoms with Crippen molar-refractivity contribution in [1.82, 2.24) is 0 Å². The molecule has 0 saturated heterocycles. The van der Waals surface area contributed by atoms with Crippen molar-refractivity contribution in [2.24, 2.45) is 0 Å². The number of methoxy groups -OCH3 is 1. The normalized spacial score (nSPS) is 15.3. The third kappa shape index (κ3) is 4.08. The Labute approximate surface area is 190 Å². The Morgan fingerprint density at radius 1 is 1.16 bits per heavy atom. The lowest BCUT2D eigenvalue weighted by atomic mass is 9.88. The lowest BCUT2D eigenvalue weighted by Crippen LogP contribution is -2.22. The van der Waals surface area contributed by atoms with Gasteiger partial charge in [-0.05, 0) is 44.0 Å². The van der Waals surface area contributed by atoms with Crippen LogP contribution in [0.3, 0.4) is 0 Å². The van der Waals surface area contributed by atoms with Crippen molar-refractivity contribution >= 4 is 28.9 Å². The highest BCUT2D eigenvalue weighted by Crippen LogP contribution is 2.50. The van der Waals surface area contributed by atoms with E-state index in [0.717, 1.165) is 21.6 Å². The topological polar surface area (TPSA) is 84.9 Å². The van der Waals surface area contributed by atoms with Gasteiger partial charge in [-0.3, -0.25) is 4.79 Å². The van der Waals surface area contributed by atoms with Gasteiger partial charge in [0.2, 0.25) is 5.91 Å². The molecule has 0 unspecified atom stereocenters. The fourth-order valence-corrected chi connectivity index (χ4v) is 5.20. The highest BCUT2D eigenvalue weighted by molar-refractivity contribution is 7.15. The number of carbonyl (C=O) groups is 2. The summed E-state index contributed by atoms with van der Waals surface area (Å²) in [5.41, 5.74) is 3.86. The molecule has 1 aromatic heterocycles. The van der Waals surface area contributed by atoms with Crippen LogP contribution in [0.2, 0.25) is 0 Å². The van der Waals surface area contributed by atoms with E-state index >= 15 is 0 Å². The summed E-state index contributed by atoms with van der Waals surface area (Å²) >= 11 is 1.22. The van der Waals surface area contributed by atoms with Crippen LogP contribution in [-0.2, 0) is 4.79 Å². The summed E-state index contributed by atoms with van der Waals surface area (Å²) in [5, 5.41) is 12.9. The monoisotopic (exact) mass is 451 g/mol. The Morgan fingerprint density at radius 3 is 2.50 bits per heavy atom. The molecular weight excluding hydrogens is 426 g/mol. The first-order valence-electron chi connectivity index (χ1n) is 10.4. The number of rotatable bonds is 6. The number of aromatic carboxylic acids is 1. The predicted octanol–water partition coefficient (Wildman–Crippen LogP) is 5.69. The first-order chi connectivity index (χ1) is 15.3. The van der Waals surface area contributed by atoms with Crippen molar-refractivity contribution in [2.45, 2.75) is 39.2 Å². The predicted molar refractivity (Wildman–Crippen MR) is 125 cm³/mol. The Morgan fingerprint density at radius 2 is 1.88 bits per heavy atom. The van der Waals surface area contributed by atoms with E-state index in [1.165, 1.54) is 11.3 Å². The van der Waals surface area contributed by atoms with Gasteiger partial charge in [-0.15, -0.1) is 11.3 Å². The van der Waals surface area contributed by atoms with Gasteiger partial charge in [0, 0.05) is 22.8 Å². The number of ether oxygens (including phenoxy) is 2. The Balaban J connectivity index is 1.85. The van der Waals surface area contributed by atoms with Gasteiger partial charge in [-0.25, -0.2) is 4.79 Å². The molecule has 32 heavy (non-hydrogen) atoms. The number of carboxylic acid groups (broad SMARTS) is 1. The van der Waals surface area contributed by atoms with E-state index in [-0.39, 0.29) is 29.2 Å². The van der Waals surface area contributed by atoms with E-state index in [0.29, 0.717) is 22.7 Å². The Kier molecular flexibility index (Phi) is 5.93. The number of aryl methyl sites for hydroxylation is 1. The van der Waals surface area contributed by atoms with Crippen LogP contribution in [0.4, 0.5) is 5.69 Å². The minimum absolute atomic E-state index is 0.00528. The molecule has 2 aromatic carbocycles. The van der Waals surface area contributed by atoms with Crippen molar-refractivity contribution in [3.63, 3.8) is 0 Å². The largest absolute Gasteiger partial charge is 0.493 e. The number of hydrogen-bond donors (Lipinski definition) is 2. The molecule has 7 heteroatoms. The number of hydrogen-bond acceptors (Lipinski definition) is 5. The molecule has 166 valence electrons. The molecule has 0 aliphatic carbocycles. The fourth-order valence-electron chi connectivity index (χ4n) is 3.95. The molecule has 0 saturated carbocycles. The van der Waals surface area contributed by atoms with Crippen molar-refractivity contribution in [2.75, 3.05) is 12.4 Å². The lowest BCUT2D eigenvalue weighted by molar-refractivity contribution is -0.116. The molecular formula is C25H25NO5S. The standard InChI is InChI=1S/C25H25NO5S/c1-13(2)31-18-10-9-16(11-19(18)30-4)17-12-20(27)26-22-21(15-7-5-14(3)6-8-15)24(25(28)29)32-23(17)22/h5-11,13,17H,12H2,1-4H3,(H,26,27)(H,28,29)/t17-/m1/s1. The van der Waals surface area contributed by atoms with Crippen LogP contribution in [0.15, 0.2) is 42.5 Å². The van der Waals surface area contributed by atoms with Crippen LogP contribution in [-0.4, -0.2) is 30.2 Å². The smallest absolute Gasteiger partial charge is 0.346 e. The van der Waals surface area contributed by atoms with Crippen LogP contribution in [0.25, 0.3) is 11.1 Å². The zero-order valence-corrected chi connectivity index (χ0v) is 19.2. The van der Waals surface area contributed by atoms with Crippen LogP contribution in [0.5, 0.6) is 11.5 Å². The fraction of sp³-hybridized carbons (Fsp3) is 0.280. The molecule has 0 bridgehead atoms. The Hall–Kier alpha value is -3.32. The molecule has 1 aliphatic rings. The average Bonchev–Trinajstić information content (AvgIpc) is 3.13. The number of carboxylic acids is 1. The van der Waals surface area contributed by atoms with Crippen molar-refractivity contribution < 1.29 is 24.2 Å². The first-order valence-corrected chi connectivity index (χ1v) is 11.2. The van der Waals surface area contributed by atoms with E-state index in [2.05, 4.69) is 5.32 Å². The van der Waals surface area contributed by atoms with E-state index in [4.69, 9.17) is 9.47 Å². The number of thiophene rings is 1. The molecule has 0 spiro atoms. The van der Waals surface area contributed by atoms with Gasteiger partial charge < -0.3 is 19.9 Å².